The molecule has 2 fully saturated rings. The van der Waals surface area contributed by atoms with E-state index in [4.69, 9.17) is 0 Å². The second-order valence-corrected chi connectivity index (χ2v) is 6.21. The molecule has 0 spiro atoms. The van der Waals surface area contributed by atoms with Gasteiger partial charge in [0, 0.05) is 38.3 Å². The molecule has 0 unspecified atom stereocenters. The summed E-state index contributed by atoms with van der Waals surface area (Å²) < 4.78 is 0. The fourth-order valence-electron chi connectivity index (χ4n) is 3.36. The molecule has 1 aromatic heterocycles. The van der Waals surface area contributed by atoms with E-state index in [2.05, 4.69) is 38.1 Å². The first-order valence-corrected chi connectivity index (χ1v) is 8.34. The summed E-state index contributed by atoms with van der Waals surface area (Å²) >= 11 is 0. The number of aryl methyl sites for hydroxylation is 1. The Kier molecular flexibility index (Phi) is 4.58. The summed E-state index contributed by atoms with van der Waals surface area (Å²) in [6.07, 6.45) is 5.22. The molecule has 2 heterocycles. The van der Waals surface area contributed by atoms with Crippen LogP contribution in [-0.4, -0.2) is 53.6 Å². The van der Waals surface area contributed by atoms with Crippen molar-refractivity contribution in [3.63, 3.8) is 0 Å². The van der Waals surface area contributed by atoms with Gasteiger partial charge in [-0.2, -0.15) is 0 Å². The molecule has 1 aliphatic heterocycles. The number of nitrogens with one attached hydrogen (secondary N) is 1. The molecule has 3 rings (SSSR count). The molecule has 1 saturated carbocycles. The van der Waals surface area contributed by atoms with Crippen molar-refractivity contribution >= 4 is 11.6 Å². The molecular formula is C16H27N5. The quantitative estimate of drug-likeness (QED) is 0.921. The Morgan fingerprint density at radius 1 is 1.14 bits per heavy atom. The van der Waals surface area contributed by atoms with E-state index in [1.165, 1.54) is 25.7 Å². The molecule has 1 aliphatic carbocycles. The first kappa shape index (κ1) is 14.6. The van der Waals surface area contributed by atoms with Gasteiger partial charge < -0.3 is 15.1 Å². The van der Waals surface area contributed by atoms with E-state index in [0.717, 1.165) is 50.2 Å². The van der Waals surface area contributed by atoms with Gasteiger partial charge in [0.25, 0.3) is 0 Å². The summed E-state index contributed by atoms with van der Waals surface area (Å²) in [5, 5.41) is 3.59. The first-order valence-electron chi connectivity index (χ1n) is 8.34. The molecule has 1 saturated heterocycles. The zero-order chi connectivity index (χ0) is 14.7. The van der Waals surface area contributed by atoms with Crippen LogP contribution in [-0.2, 0) is 0 Å². The number of rotatable bonds is 4. The summed E-state index contributed by atoms with van der Waals surface area (Å²) in [5.74, 6) is 2.95. The molecule has 1 N–H and O–H groups in total. The molecule has 2 aliphatic rings. The summed E-state index contributed by atoms with van der Waals surface area (Å²) in [5.41, 5.74) is 0. The lowest BCUT2D eigenvalue weighted by Crippen LogP contribution is -2.46. The third kappa shape index (κ3) is 3.64. The predicted octanol–water partition coefficient (Wildman–Crippen LogP) is 2.28. The number of nitrogens with zero attached hydrogens (tertiary/aromatic N) is 4. The van der Waals surface area contributed by atoms with Crippen LogP contribution in [0.25, 0.3) is 0 Å². The molecule has 21 heavy (non-hydrogen) atoms. The van der Waals surface area contributed by atoms with Gasteiger partial charge in [-0.25, -0.2) is 9.97 Å². The second-order valence-electron chi connectivity index (χ2n) is 6.21. The number of anilines is 2. The molecule has 0 radical (unpaired) electrons. The molecule has 0 amide bonds. The summed E-state index contributed by atoms with van der Waals surface area (Å²) in [7, 11) is 0. The van der Waals surface area contributed by atoms with Crippen molar-refractivity contribution in [2.45, 2.75) is 45.6 Å². The van der Waals surface area contributed by atoms with Crippen molar-refractivity contribution in [3.8, 4) is 0 Å². The molecule has 0 aromatic carbocycles. The molecule has 5 nitrogen and oxygen atoms in total. The molecule has 0 bridgehead atoms. The van der Waals surface area contributed by atoms with E-state index in [1.54, 1.807) is 0 Å². The highest BCUT2D eigenvalue weighted by Gasteiger charge is 2.19. The Morgan fingerprint density at radius 2 is 1.86 bits per heavy atom. The Labute approximate surface area is 127 Å². The average molecular weight is 289 g/mol. The first-order chi connectivity index (χ1) is 10.2. The maximum absolute atomic E-state index is 4.64. The fourth-order valence-corrected chi connectivity index (χ4v) is 3.36. The number of aromatic nitrogens is 2. The van der Waals surface area contributed by atoms with Crippen LogP contribution in [0.2, 0.25) is 0 Å². The minimum atomic E-state index is 0.601. The van der Waals surface area contributed by atoms with Crippen molar-refractivity contribution in [2.24, 2.45) is 0 Å². The van der Waals surface area contributed by atoms with E-state index >= 15 is 0 Å². The zero-order valence-corrected chi connectivity index (χ0v) is 13.3. The molecule has 0 atom stereocenters. The molecule has 5 heteroatoms. The van der Waals surface area contributed by atoms with Gasteiger partial charge in [-0.3, -0.25) is 0 Å². The third-order valence-electron chi connectivity index (χ3n) is 4.68. The highest BCUT2D eigenvalue weighted by atomic mass is 15.3. The van der Waals surface area contributed by atoms with Gasteiger partial charge in [-0.1, -0.05) is 19.8 Å². The second kappa shape index (κ2) is 6.60. The van der Waals surface area contributed by atoms with Crippen LogP contribution in [0.5, 0.6) is 0 Å². The van der Waals surface area contributed by atoms with Gasteiger partial charge in [0.15, 0.2) is 0 Å². The minimum Gasteiger partial charge on any atom is -0.367 e. The zero-order valence-electron chi connectivity index (χ0n) is 13.3. The van der Waals surface area contributed by atoms with Crippen molar-refractivity contribution in [3.05, 3.63) is 11.9 Å². The Morgan fingerprint density at radius 3 is 2.52 bits per heavy atom. The largest absolute Gasteiger partial charge is 0.367 e. The topological polar surface area (TPSA) is 44.3 Å². The van der Waals surface area contributed by atoms with Crippen molar-refractivity contribution < 1.29 is 0 Å². The minimum absolute atomic E-state index is 0.601. The van der Waals surface area contributed by atoms with Crippen LogP contribution in [0.15, 0.2) is 6.07 Å². The Hall–Kier alpha value is -1.36. The number of piperazine rings is 1. The fraction of sp³-hybridized carbons (Fsp3) is 0.750. The molecular weight excluding hydrogens is 262 g/mol. The van der Waals surface area contributed by atoms with Crippen LogP contribution in [0.3, 0.4) is 0 Å². The lowest BCUT2D eigenvalue weighted by atomic mass is 10.2. The van der Waals surface area contributed by atoms with E-state index < -0.39 is 0 Å². The molecule has 1 aromatic rings. The van der Waals surface area contributed by atoms with Crippen molar-refractivity contribution in [2.75, 3.05) is 42.9 Å². The maximum Gasteiger partial charge on any atom is 0.134 e. The Balaban J connectivity index is 1.68. The van der Waals surface area contributed by atoms with Gasteiger partial charge >= 0.3 is 0 Å². The summed E-state index contributed by atoms with van der Waals surface area (Å²) in [6.45, 7) is 9.75. The van der Waals surface area contributed by atoms with Crippen LogP contribution >= 0.6 is 0 Å². The van der Waals surface area contributed by atoms with E-state index in [0.29, 0.717) is 6.04 Å². The SMILES string of the molecule is CCN1CCN(c2cc(NC3CCCC3)nc(C)n2)CC1. The maximum atomic E-state index is 4.64. The smallest absolute Gasteiger partial charge is 0.134 e. The van der Waals surface area contributed by atoms with Gasteiger partial charge in [0.05, 0.1) is 0 Å². The molecule has 116 valence electrons. The van der Waals surface area contributed by atoms with Gasteiger partial charge in [0.1, 0.15) is 17.5 Å². The van der Waals surface area contributed by atoms with Gasteiger partial charge in [-0.05, 0) is 26.3 Å². The van der Waals surface area contributed by atoms with E-state index in [-0.39, 0.29) is 0 Å². The number of likely N-dealkylation sites (N-methyl/N-ethyl adjacent to an activating group) is 1. The van der Waals surface area contributed by atoms with Crippen LogP contribution in [0, 0.1) is 6.92 Å². The lowest BCUT2D eigenvalue weighted by Gasteiger charge is -2.35. The highest BCUT2D eigenvalue weighted by Crippen LogP contribution is 2.23. The van der Waals surface area contributed by atoms with Gasteiger partial charge in [-0.15, -0.1) is 0 Å². The van der Waals surface area contributed by atoms with Gasteiger partial charge in [0.2, 0.25) is 0 Å². The predicted molar refractivity (Wildman–Crippen MR) is 87.0 cm³/mol. The summed E-state index contributed by atoms with van der Waals surface area (Å²) in [4.78, 5) is 14.1. The lowest BCUT2D eigenvalue weighted by molar-refractivity contribution is 0.270. The van der Waals surface area contributed by atoms with E-state index in [9.17, 15) is 0 Å². The van der Waals surface area contributed by atoms with Crippen LogP contribution in [0.1, 0.15) is 38.4 Å². The third-order valence-corrected chi connectivity index (χ3v) is 4.68. The van der Waals surface area contributed by atoms with Crippen molar-refractivity contribution in [1.82, 2.24) is 14.9 Å². The Bertz CT molecular complexity index is 462. The number of hydrogen-bond donors (Lipinski definition) is 1. The average Bonchev–Trinajstić information content (AvgIpc) is 2.99. The summed E-state index contributed by atoms with van der Waals surface area (Å²) in [6, 6.07) is 2.73. The van der Waals surface area contributed by atoms with Crippen LogP contribution < -0.4 is 10.2 Å². The normalized spacial score (nSPS) is 21.0. The standard InChI is InChI=1S/C16H27N5/c1-3-20-8-10-21(11-9-20)16-12-15(17-13(2)18-16)19-14-6-4-5-7-14/h12,14H,3-11H2,1-2H3,(H,17,18,19). The van der Waals surface area contributed by atoms with E-state index in [1.807, 2.05) is 6.92 Å². The number of hydrogen-bond acceptors (Lipinski definition) is 5. The monoisotopic (exact) mass is 289 g/mol. The van der Waals surface area contributed by atoms with Crippen LogP contribution in [0.4, 0.5) is 11.6 Å². The highest BCUT2D eigenvalue weighted by molar-refractivity contribution is 5.50. The van der Waals surface area contributed by atoms with Crippen molar-refractivity contribution in [1.29, 1.82) is 0 Å².